The second-order valence-electron chi connectivity index (χ2n) is 38.0. The summed E-state index contributed by atoms with van der Waals surface area (Å²) in [5.74, 6) is 4.11. The first-order valence-electron chi connectivity index (χ1n) is 50.7. The average molecular weight is 1940 g/mol. The number of carbonyl (C=O) groups is 4. The van der Waals surface area contributed by atoms with Crippen LogP contribution >= 0.6 is 0 Å². The maximum Gasteiger partial charge on any atom is 0.276 e. The molecule has 8 N–H and O–H groups in total. The number of morpholine rings is 1. The van der Waals surface area contributed by atoms with Gasteiger partial charge < -0.3 is 50.3 Å². The summed E-state index contributed by atoms with van der Waals surface area (Å²) < 4.78 is 11.4. The number of nitrogens with one attached hydrogen (secondary N) is 8. The van der Waals surface area contributed by atoms with E-state index in [0.29, 0.717) is 51.3 Å². The molecule has 7 fully saturated rings. The highest BCUT2D eigenvalue weighted by atomic mass is 16.5. The quantitative estimate of drug-likeness (QED) is 0.0278. The Morgan fingerprint density at radius 3 is 0.855 bits per heavy atom. The van der Waals surface area contributed by atoms with Crippen molar-refractivity contribution < 1.29 is 28.7 Å². The van der Waals surface area contributed by atoms with E-state index in [1.807, 2.05) is 195 Å². The predicted molar refractivity (Wildman–Crippen MR) is 567 cm³/mol. The summed E-state index contributed by atoms with van der Waals surface area (Å²) >= 11 is 0. The van der Waals surface area contributed by atoms with Gasteiger partial charge in [-0.1, -0.05) is 42.5 Å². The number of hydrogen-bond acceptors (Lipinski definition) is 25. The molecule has 7 aliphatic heterocycles. The van der Waals surface area contributed by atoms with Crippen LogP contribution in [0.1, 0.15) is 155 Å². The number of piperidine rings is 4. The maximum absolute atomic E-state index is 13.1. The Hall–Kier alpha value is -16.1. The van der Waals surface area contributed by atoms with Crippen LogP contribution in [0.5, 0.6) is 11.5 Å². The number of para-hydroxylation sites is 1. The van der Waals surface area contributed by atoms with Gasteiger partial charge in [0.05, 0.1) is 89.0 Å². The SMILES string of the molecule is O=C(Nc1ccc(N2CCCCC2)nc1)c1n[nH]c2ccc(-c3cncc(CN4CCC4)c3)cc12.O=C(Nc1ccc(N2CCCCC2)nc1)c1n[nH]c2ccc(-c3cncc(CN4CCCC4)c3)cc12.O=C(Nc1ccc(N2CCCCC2)nc1)c1n[nH]c2ccc(-c3cncc(CN4CCOCC4)c3)cc12.O=C(Nc1ccc(N2CCCCC2)nc1)c1n[nH]c2ccc(-c3cncc(Oc4ccccc4)c3)cc12. The molecule has 19 heterocycles. The number of hydrogen-bond donors (Lipinski definition) is 8. The summed E-state index contributed by atoms with van der Waals surface area (Å²) in [6, 6.07) is 57.4. The van der Waals surface area contributed by atoms with E-state index in [0.717, 1.165) is 247 Å². The first kappa shape index (κ1) is 95.1. The van der Waals surface area contributed by atoms with Crippen molar-refractivity contribution in [2.75, 3.05) is 146 Å². The van der Waals surface area contributed by atoms with Gasteiger partial charge in [-0.25, -0.2) is 19.9 Å². The highest BCUT2D eigenvalue weighted by Crippen LogP contribution is 2.36. The van der Waals surface area contributed by atoms with Crippen LogP contribution in [0.3, 0.4) is 0 Å². The minimum atomic E-state index is -0.296. The van der Waals surface area contributed by atoms with E-state index in [-0.39, 0.29) is 23.6 Å². The zero-order chi connectivity index (χ0) is 98.0. The maximum atomic E-state index is 13.1. The molecule has 0 radical (unpaired) electrons. The number of carbonyl (C=O) groups excluding carboxylic acids is 4. The number of aromatic nitrogens is 16. The molecule has 736 valence electrons. The number of aromatic amines is 4. The Kier molecular flexibility index (Phi) is 29.8. The highest BCUT2D eigenvalue weighted by Gasteiger charge is 2.26. The monoisotopic (exact) mass is 1940 g/mol. The molecule has 0 spiro atoms. The molecule has 17 aromatic rings. The first-order chi connectivity index (χ1) is 71.4. The van der Waals surface area contributed by atoms with Crippen LogP contribution in [0.15, 0.2) is 250 Å². The molecule has 7 aliphatic rings. The van der Waals surface area contributed by atoms with Crippen molar-refractivity contribution in [3.63, 3.8) is 0 Å². The van der Waals surface area contributed by atoms with Crippen LogP contribution in [0.4, 0.5) is 46.0 Å². The van der Waals surface area contributed by atoms with Gasteiger partial charge >= 0.3 is 0 Å². The smallest absolute Gasteiger partial charge is 0.276 e. The third kappa shape index (κ3) is 23.6. The molecule has 145 heavy (non-hydrogen) atoms. The van der Waals surface area contributed by atoms with Crippen molar-refractivity contribution in [1.82, 2.24) is 95.4 Å². The van der Waals surface area contributed by atoms with Gasteiger partial charge in [-0.3, -0.25) is 74.2 Å². The van der Waals surface area contributed by atoms with Crippen LogP contribution in [0, 0.1) is 0 Å². The molecular weight excluding hydrogens is 1820 g/mol. The van der Waals surface area contributed by atoms with E-state index >= 15 is 0 Å². The lowest BCUT2D eigenvalue weighted by Gasteiger charge is -2.30. The molecule has 5 aromatic carbocycles. The molecule has 33 heteroatoms. The van der Waals surface area contributed by atoms with Gasteiger partial charge in [-0.15, -0.1) is 0 Å². The van der Waals surface area contributed by atoms with Gasteiger partial charge in [-0.05, 0) is 295 Å². The summed E-state index contributed by atoms with van der Waals surface area (Å²) in [5.41, 5.74) is 18.7. The molecule has 0 aliphatic carbocycles. The number of amides is 4. The number of H-pyrrole nitrogens is 4. The van der Waals surface area contributed by atoms with E-state index < -0.39 is 0 Å². The fourth-order valence-corrected chi connectivity index (χ4v) is 19.8. The lowest BCUT2D eigenvalue weighted by atomic mass is 10.0. The summed E-state index contributed by atoms with van der Waals surface area (Å²) in [7, 11) is 0. The minimum Gasteiger partial charge on any atom is -0.456 e. The molecule has 24 rings (SSSR count). The number of rotatable bonds is 24. The number of likely N-dealkylation sites (tertiary alicyclic amines) is 2. The second-order valence-corrected chi connectivity index (χ2v) is 38.0. The zero-order valence-corrected chi connectivity index (χ0v) is 81.2. The fourth-order valence-electron chi connectivity index (χ4n) is 19.8. The Labute approximate surface area is 839 Å². The molecule has 0 atom stereocenters. The van der Waals surface area contributed by atoms with Crippen molar-refractivity contribution in [3.05, 3.63) is 290 Å². The summed E-state index contributed by atoms with van der Waals surface area (Å²) in [6.45, 7) is 19.0. The zero-order valence-electron chi connectivity index (χ0n) is 81.2. The second kappa shape index (κ2) is 45.4. The Balaban J connectivity index is 0.000000114. The van der Waals surface area contributed by atoms with Gasteiger partial charge in [0.25, 0.3) is 23.6 Å². The van der Waals surface area contributed by atoms with Crippen molar-refractivity contribution >= 4 is 113 Å². The third-order valence-corrected chi connectivity index (χ3v) is 27.7. The molecule has 12 aromatic heterocycles. The lowest BCUT2D eigenvalue weighted by Crippen LogP contribution is -2.36. The van der Waals surface area contributed by atoms with E-state index in [9.17, 15) is 19.2 Å². The van der Waals surface area contributed by atoms with Gasteiger partial charge in [0.2, 0.25) is 0 Å². The van der Waals surface area contributed by atoms with Gasteiger partial charge in [0, 0.05) is 172 Å². The van der Waals surface area contributed by atoms with Crippen LogP contribution in [0.25, 0.3) is 88.1 Å². The topological polar surface area (TPSA) is 375 Å². The Morgan fingerprint density at radius 1 is 0.269 bits per heavy atom. The van der Waals surface area contributed by atoms with Crippen LogP contribution in [0.2, 0.25) is 0 Å². The summed E-state index contributed by atoms with van der Waals surface area (Å²) in [6.07, 6.45) is 40.2. The van der Waals surface area contributed by atoms with E-state index in [2.05, 4.69) is 154 Å². The number of anilines is 8. The molecule has 33 nitrogen and oxygen atoms in total. The number of benzene rings is 5. The van der Waals surface area contributed by atoms with Crippen molar-refractivity contribution in [3.8, 4) is 56.0 Å². The standard InChI is InChI=1S/C29H26N6O2.C28H31N7O2.C28H31N7O.C27H29N7O/c36-29(32-22-10-12-27(31-18-22)35-13-5-2-6-14-35)28-25-16-20(9-11-26(25)33-34-28)21-15-24(19-30-17-21)37-23-7-3-1-4-8-23;36-28(31-23-5-7-26(30-18-23)35-8-2-1-3-9-35)27-24-15-21(4-6-25(24)32-33-27)22-14-20(16-29-17-22)19-34-10-12-37-13-11-34;36-28(31-23-7-9-26(30-18-23)35-12-2-1-3-13-35)27-24-15-21(6-8-25(24)32-33-27)22-14-20(16-29-17-22)19-34-10-4-5-11-34;35-27(30-22-6-8-25(29-17-22)34-11-2-1-3-12-34)26-23-14-20(5-7-24(23)31-32-26)21-13-19(15-28-16-21)18-33-9-4-10-33/h1,3-4,7-12,15-19H,2,5-6,13-14H2,(H,32,36)(H,33,34);4-7,14-18H,1-3,8-13,19H2,(H,31,36)(H,32,33);6-9,14-18H,1-5,10-13,19H2,(H,31,36)(H,32,33);5-8,13-17H,1-4,9-12,18H2,(H,30,35)(H,31,32). The Morgan fingerprint density at radius 2 is 0.559 bits per heavy atom. The average Bonchev–Trinajstić information content (AvgIpc) is 1.67. The Bertz CT molecular complexity index is 7320. The van der Waals surface area contributed by atoms with Gasteiger partial charge in [0.15, 0.2) is 22.8 Å². The van der Waals surface area contributed by atoms with Gasteiger partial charge in [-0.2, -0.15) is 20.4 Å². The van der Waals surface area contributed by atoms with Gasteiger partial charge in [0.1, 0.15) is 34.8 Å². The third-order valence-electron chi connectivity index (χ3n) is 27.7. The van der Waals surface area contributed by atoms with E-state index in [1.165, 1.54) is 107 Å². The number of ether oxygens (including phenoxy) is 2. The fraction of sp³-hybridized carbons (Fsp3) is 0.304. The molecule has 7 saturated heterocycles. The van der Waals surface area contributed by atoms with Crippen LogP contribution < -0.4 is 45.6 Å². The number of fused-ring (bicyclic) bond motifs is 4. The first-order valence-corrected chi connectivity index (χ1v) is 50.7. The van der Waals surface area contributed by atoms with Crippen LogP contribution in [-0.4, -0.2) is 224 Å². The summed E-state index contributed by atoms with van der Waals surface area (Å²) in [5, 5.41) is 44.0. The molecule has 4 amide bonds. The van der Waals surface area contributed by atoms with Crippen molar-refractivity contribution in [2.24, 2.45) is 0 Å². The minimum absolute atomic E-state index is 0.258. The predicted octanol–water partition coefficient (Wildman–Crippen LogP) is 19.5. The van der Waals surface area contributed by atoms with E-state index in [4.69, 9.17) is 9.47 Å². The highest BCUT2D eigenvalue weighted by molar-refractivity contribution is 6.15. The lowest BCUT2D eigenvalue weighted by molar-refractivity contribution is 0.0341. The largest absolute Gasteiger partial charge is 0.456 e. The molecule has 0 saturated carbocycles. The molecule has 0 bridgehead atoms. The number of nitrogens with zero attached hydrogens (tertiary/aromatic N) is 19. The molecule has 0 unspecified atom stereocenters. The normalized spacial score (nSPS) is 15.7. The van der Waals surface area contributed by atoms with Crippen LogP contribution in [-0.2, 0) is 24.4 Å². The number of pyridine rings is 8. The van der Waals surface area contributed by atoms with Crippen molar-refractivity contribution in [1.29, 1.82) is 0 Å². The summed E-state index contributed by atoms with van der Waals surface area (Å²) in [4.78, 5) is 105. The molecular formula is C112H117N27O6. The van der Waals surface area contributed by atoms with E-state index in [1.54, 1.807) is 37.2 Å². The van der Waals surface area contributed by atoms with Crippen molar-refractivity contribution in [2.45, 2.75) is 116 Å².